The van der Waals surface area contributed by atoms with Gasteiger partial charge in [-0.05, 0) is 37.5 Å². The Morgan fingerprint density at radius 3 is 2.86 bits per heavy atom. The largest absolute Gasteiger partial charge is 0.486 e. The SMILES string of the molecule is CCc1nc(COc2cc(C)ccc2C)sc1C(=O)NN. The zero-order valence-electron chi connectivity index (χ0n) is 12.4. The van der Waals surface area contributed by atoms with E-state index in [0.717, 1.165) is 27.6 Å². The molecule has 2 aromatic rings. The zero-order valence-corrected chi connectivity index (χ0v) is 13.2. The molecule has 0 radical (unpaired) electrons. The number of carbonyl (C=O) groups is 1. The third-order valence-corrected chi connectivity index (χ3v) is 4.18. The normalized spacial score (nSPS) is 10.5. The number of aryl methyl sites for hydroxylation is 3. The standard InChI is InChI=1S/C15H19N3O2S/c1-4-11-14(15(19)18-16)21-13(17-11)8-20-12-7-9(2)5-6-10(12)3/h5-7H,4,8,16H2,1-3H3,(H,18,19). The monoisotopic (exact) mass is 305 g/mol. The molecule has 0 aliphatic heterocycles. The van der Waals surface area contributed by atoms with Crippen molar-refractivity contribution in [2.75, 3.05) is 0 Å². The third-order valence-electron chi connectivity index (χ3n) is 3.11. The first-order valence-electron chi connectivity index (χ1n) is 6.74. The fourth-order valence-corrected chi connectivity index (χ4v) is 2.92. The summed E-state index contributed by atoms with van der Waals surface area (Å²) in [5.74, 6) is 5.72. The number of amides is 1. The molecule has 1 heterocycles. The van der Waals surface area contributed by atoms with Gasteiger partial charge in [0.1, 0.15) is 22.2 Å². The molecule has 1 amide bonds. The van der Waals surface area contributed by atoms with E-state index >= 15 is 0 Å². The lowest BCUT2D eigenvalue weighted by Crippen LogP contribution is -2.30. The molecule has 112 valence electrons. The number of benzene rings is 1. The lowest BCUT2D eigenvalue weighted by Gasteiger charge is -2.08. The Labute approximate surface area is 128 Å². The number of thiazole rings is 1. The van der Waals surface area contributed by atoms with Gasteiger partial charge in [-0.3, -0.25) is 10.2 Å². The maximum atomic E-state index is 11.7. The van der Waals surface area contributed by atoms with Crippen molar-refractivity contribution in [3.63, 3.8) is 0 Å². The van der Waals surface area contributed by atoms with Crippen LogP contribution >= 0.6 is 11.3 Å². The van der Waals surface area contributed by atoms with Crippen LogP contribution in [0.1, 0.15) is 38.4 Å². The summed E-state index contributed by atoms with van der Waals surface area (Å²) < 4.78 is 5.81. The van der Waals surface area contributed by atoms with E-state index in [1.807, 2.05) is 39.0 Å². The van der Waals surface area contributed by atoms with Crippen LogP contribution in [0.15, 0.2) is 18.2 Å². The maximum Gasteiger partial charge on any atom is 0.277 e. The van der Waals surface area contributed by atoms with E-state index in [4.69, 9.17) is 10.6 Å². The molecule has 0 saturated heterocycles. The number of hydrogen-bond donors (Lipinski definition) is 2. The van der Waals surface area contributed by atoms with Crippen LogP contribution in [0.25, 0.3) is 0 Å². The first-order chi connectivity index (χ1) is 10.0. The summed E-state index contributed by atoms with van der Waals surface area (Å²) in [6.45, 7) is 6.33. The van der Waals surface area contributed by atoms with Gasteiger partial charge in [0.15, 0.2) is 0 Å². The van der Waals surface area contributed by atoms with E-state index in [9.17, 15) is 4.79 Å². The maximum absolute atomic E-state index is 11.7. The molecule has 21 heavy (non-hydrogen) atoms. The molecule has 2 rings (SSSR count). The number of ether oxygens (including phenoxy) is 1. The quantitative estimate of drug-likeness (QED) is 0.505. The molecule has 0 unspecified atom stereocenters. The van der Waals surface area contributed by atoms with Gasteiger partial charge in [0.2, 0.25) is 0 Å². The molecule has 1 aromatic heterocycles. The number of hydrogen-bond acceptors (Lipinski definition) is 5. The minimum absolute atomic E-state index is 0.303. The number of hydrazine groups is 1. The van der Waals surface area contributed by atoms with E-state index in [1.165, 1.54) is 11.3 Å². The number of rotatable bonds is 5. The Balaban J connectivity index is 2.15. The van der Waals surface area contributed by atoms with Crippen LogP contribution in [0.4, 0.5) is 0 Å². The fourth-order valence-electron chi connectivity index (χ4n) is 1.95. The summed E-state index contributed by atoms with van der Waals surface area (Å²) in [6.07, 6.45) is 0.683. The van der Waals surface area contributed by atoms with Gasteiger partial charge in [0.25, 0.3) is 5.91 Å². The van der Waals surface area contributed by atoms with E-state index < -0.39 is 0 Å². The first-order valence-corrected chi connectivity index (χ1v) is 7.56. The summed E-state index contributed by atoms with van der Waals surface area (Å²) in [7, 11) is 0. The molecule has 0 aliphatic carbocycles. The van der Waals surface area contributed by atoms with Crippen LogP contribution in [-0.4, -0.2) is 10.9 Å². The molecule has 6 heteroatoms. The van der Waals surface area contributed by atoms with Crippen molar-refractivity contribution in [3.05, 3.63) is 44.9 Å². The summed E-state index contributed by atoms with van der Waals surface area (Å²) >= 11 is 1.32. The van der Waals surface area contributed by atoms with E-state index in [1.54, 1.807) is 0 Å². The predicted octanol–water partition coefficient (Wildman–Crippen LogP) is 2.50. The highest BCUT2D eigenvalue weighted by molar-refractivity contribution is 7.13. The van der Waals surface area contributed by atoms with Gasteiger partial charge >= 0.3 is 0 Å². The Morgan fingerprint density at radius 2 is 2.19 bits per heavy atom. The van der Waals surface area contributed by atoms with Gasteiger partial charge in [0, 0.05) is 0 Å². The second kappa shape index (κ2) is 6.69. The zero-order chi connectivity index (χ0) is 15.4. The minimum atomic E-state index is -0.303. The van der Waals surface area contributed by atoms with Gasteiger partial charge in [-0.2, -0.15) is 0 Å². The third kappa shape index (κ3) is 3.59. The highest BCUT2D eigenvalue weighted by atomic mass is 32.1. The summed E-state index contributed by atoms with van der Waals surface area (Å²) in [5.41, 5.74) is 5.12. The Bertz CT molecular complexity index is 652. The second-order valence-electron chi connectivity index (χ2n) is 4.77. The van der Waals surface area contributed by atoms with Crippen LogP contribution < -0.4 is 16.0 Å². The van der Waals surface area contributed by atoms with Gasteiger partial charge in [-0.1, -0.05) is 19.1 Å². The van der Waals surface area contributed by atoms with Gasteiger partial charge in [0.05, 0.1) is 5.69 Å². The predicted molar refractivity (Wildman–Crippen MR) is 83.4 cm³/mol. The van der Waals surface area contributed by atoms with Crippen molar-refractivity contribution in [2.24, 2.45) is 5.84 Å². The van der Waals surface area contributed by atoms with Crippen LogP contribution in [0, 0.1) is 13.8 Å². The average Bonchev–Trinajstić information content (AvgIpc) is 2.90. The molecule has 0 spiro atoms. The first kappa shape index (κ1) is 15.5. The Hall–Kier alpha value is -1.92. The second-order valence-corrected chi connectivity index (χ2v) is 5.85. The van der Waals surface area contributed by atoms with Crippen molar-refractivity contribution < 1.29 is 9.53 Å². The van der Waals surface area contributed by atoms with Crippen LogP contribution in [-0.2, 0) is 13.0 Å². The van der Waals surface area contributed by atoms with Gasteiger partial charge in [-0.25, -0.2) is 10.8 Å². The Kier molecular flexibility index (Phi) is 4.93. The van der Waals surface area contributed by atoms with E-state index in [2.05, 4.69) is 10.4 Å². The fraction of sp³-hybridized carbons (Fsp3) is 0.333. The molecule has 0 atom stereocenters. The van der Waals surface area contributed by atoms with Crippen molar-refractivity contribution in [3.8, 4) is 5.75 Å². The molecule has 1 aromatic carbocycles. The molecule has 3 N–H and O–H groups in total. The number of aromatic nitrogens is 1. The highest BCUT2D eigenvalue weighted by Crippen LogP contribution is 2.23. The topological polar surface area (TPSA) is 77.2 Å². The number of carbonyl (C=O) groups excluding carboxylic acids is 1. The van der Waals surface area contributed by atoms with Crippen molar-refractivity contribution in [1.29, 1.82) is 0 Å². The van der Waals surface area contributed by atoms with Gasteiger partial charge < -0.3 is 4.74 Å². The van der Waals surface area contributed by atoms with Crippen molar-refractivity contribution in [2.45, 2.75) is 33.8 Å². The smallest absolute Gasteiger partial charge is 0.277 e. The molecular weight excluding hydrogens is 286 g/mol. The van der Waals surface area contributed by atoms with Crippen LogP contribution in [0.2, 0.25) is 0 Å². The molecular formula is C15H19N3O2S. The van der Waals surface area contributed by atoms with Crippen LogP contribution in [0.3, 0.4) is 0 Å². The van der Waals surface area contributed by atoms with E-state index in [0.29, 0.717) is 17.9 Å². The highest BCUT2D eigenvalue weighted by Gasteiger charge is 2.16. The number of nitrogens with one attached hydrogen (secondary N) is 1. The average molecular weight is 305 g/mol. The summed E-state index contributed by atoms with van der Waals surface area (Å²) in [6, 6.07) is 6.07. The number of nitrogens with two attached hydrogens (primary N) is 1. The van der Waals surface area contributed by atoms with Gasteiger partial charge in [-0.15, -0.1) is 11.3 Å². The lowest BCUT2D eigenvalue weighted by molar-refractivity contribution is 0.0956. The summed E-state index contributed by atoms with van der Waals surface area (Å²) in [5, 5.41) is 0.770. The van der Waals surface area contributed by atoms with Crippen molar-refractivity contribution >= 4 is 17.2 Å². The lowest BCUT2D eigenvalue weighted by atomic mass is 10.1. The van der Waals surface area contributed by atoms with Crippen molar-refractivity contribution in [1.82, 2.24) is 10.4 Å². The van der Waals surface area contributed by atoms with Crippen LogP contribution in [0.5, 0.6) is 5.75 Å². The molecule has 0 bridgehead atoms. The number of nitrogen functional groups attached to an aromatic ring is 1. The van der Waals surface area contributed by atoms with E-state index in [-0.39, 0.29) is 5.91 Å². The molecule has 5 nitrogen and oxygen atoms in total. The Morgan fingerprint density at radius 1 is 1.43 bits per heavy atom. The number of nitrogens with zero attached hydrogens (tertiary/aromatic N) is 1. The summed E-state index contributed by atoms with van der Waals surface area (Å²) in [4.78, 5) is 16.7. The minimum Gasteiger partial charge on any atom is -0.486 e. The molecule has 0 aliphatic rings. The molecule has 0 fully saturated rings. The molecule has 0 saturated carbocycles.